The number of aliphatic carboxylic acids is 1. The molecular formula is C26H41N7O3. The Morgan fingerprint density at radius 2 is 2.08 bits per heavy atom. The topological polar surface area (TPSA) is 116 Å². The summed E-state index contributed by atoms with van der Waals surface area (Å²) < 4.78 is 5.48. The lowest BCUT2D eigenvalue weighted by Crippen LogP contribution is -2.38. The number of carbonyl (C=O) groups is 1. The van der Waals surface area contributed by atoms with Gasteiger partial charge in [-0.15, -0.1) is 0 Å². The van der Waals surface area contributed by atoms with Crippen molar-refractivity contribution in [3.63, 3.8) is 0 Å². The third-order valence-electron chi connectivity index (χ3n) is 6.49. The smallest absolute Gasteiger partial charge is 0.326 e. The molecular weight excluding hydrogens is 458 g/mol. The molecule has 3 N–H and O–H groups in total. The van der Waals surface area contributed by atoms with Crippen molar-refractivity contribution in [1.82, 2.24) is 19.9 Å². The Kier molecular flexibility index (Phi) is 10.7. The normalized spacial score (nSPS) is 14.6. The maximum Gasteiger partial charge on any atom is 0.326 e. The van der Waals surface area contributed by atoms with E-state index in [-0.39, 0.29) is 6.10 Å². The second-order valence-corrected chi connectivity index (χ2v) is 9.62. The SMILES string of the molecule is COC(C)CN(CCCCc1ccc2c(n1)NCCC2)CCC(Nc1cc(N(C)C)ncn1)C(=O)O. The van der Waals surface area contributed by atoms with Crippen molar-refractivity contribution in [1.29, 1.82) is 0 Å². The summed E-state index contributed by atoms with van der Waals surface area (Å²) in [4.78, 5) is 29.3. The average Bonchev–Trinajstić information content (AvgIpc) is 2.88. The molecule has 10 nitrogen and oxygen atoms in total. The molecule has 1 aliphatic heterocycles. The summed E-state index contributed by atoms with van der Waals surface area (Å²) in [5.74, 6) is 1.37. The van der Waals surface area contributed by atoms with Crippen LogP contribution in [0.2, 0.25) is 0 Å². The van der Waals surface area contributed by atoms with Gasteiger partial charge in [-0.1, -0.05) is 6.07 Å². The number of hydrogen-bond acceptors (Lipinski definition) is 9. The Bertz CT molecular complexity index is 972. The fraction of sp³-hybridized carbons (Fsp3) is 0.615. The van der Waals surface area contributed by atoms with Gasteiger partial charge in [-0.3, -0.25) is 0 Å². The van der Waals surface area contributed by atoms with Crippen LogP contribution in [-0.4, -0.2) is 90.5 Å². The number of anilines is 3. The standard InChI is InChI=1S/C26H41N7O3/c1-19(36-4)17-33(14-6-5-9-21-11-10-20-8-7-13-27-25(20)30-21)15-12-22(26(34)35)31-23-16-24(32(2)3)29-18-28-23/h10-11,16,18-19,22H,5-9,12-15,17H2,1-4H3,(H,27,30)(H,34,35)(H,28,29,31). The number of carboxylic acid groups (broad SMARTS) is 1. The number of unbranched alkanes of at least 4 members (excludes halogenated alkanes) is 1. The molecule has 10 heteroatoms. The van der Waals surface area contributed by atoms with Gasteiger partial charge in [-0.25, -0.2) is 19.7 Å². The third kappa shape index (κ3) is 8.60. The maximum absolute atomic E-state index is 12.0. The van der Waals surface area contributed by atoms with Crippen LogP contribution in [0.4, 0.5) is 17.5 Å². The van der Waals surface area contributed by atoms with Crippen LogP contribution < -0.4 is 15.5 Å². The van der Waals surface area contributed by atoms with E-state index < -0.39 is 12.0 Å². The van der Waals surface area contributed by atoms with Crippen LogP contribution in [0.1, 0.15) is 43.9 Å². The molecule has 2 atom stereocenters. The Morgan fingerprint density at radius 1 is 1.25 bits per heavy atom. The van der Waals surface area contributed by atoms with Gasteiger partial charge in [-0.05, 0) is 63.6 Å². The van der Waals surface area contributed by atoms with Crippen molar-refractivity contribution in [2.24, 2.45) is 0 Å². The number of ether oxygens (including phenoxy) is 1. The molecule has 0 saturated carbocycles. The zero-order valence-corrected chi connectivity index (χ0v) is 22.0. The van der Waals surface area contributed by atoms with Gasteiger partial charge in [0.25, 0.3) is 0 Å². The first-order valence-electron chi connectivity index (χ1n) is 12.8. The van der Waals surface area contributed by atoms with Crippen molar-refractivity contribution >= 4 is 23.4 Å². The number of carboxylic acids is 1. The van der Waals surface area contributed by atoms with E-state index in [0.717, 1.165) is 69.1 Å². The largest absolute Gasteiger partial charge is 0.480 e. The molecule has 0 aromatic carbocycles. The van der Waals surface area contributed by atoms with E-state index in [9.17, 15) is 9.90 Å². The average molecular weight is 500 g/mol. The number of hydrogen-bond donors (Lipinski definition) is 3. The Morgan fingerprint density at radius 3 is 2.83 bits per heavy atom. The molecule has 2 aromatic heterocycles. The summed E-state index contributed by atoms with van der Waals surface area (Å²) in [7, 11) is 5.47. The number of fused-ring (bicyclic) bond motifs is 1. The summed E-state index contributed by atoms with van der Waals surface area (Å²) in [5, 5.41) is 16.3. The lowest BCUT2D eigenvalue weighted by atomic mass is 10.1. The van der Waals surface area contributed by atoms with Gasteiger partial charge >= 0.3 is 5.97 Å². The van der Waals surface area contributed by atoms with Crippen molar-refractivity contribution in [3.8, 4) is 0 Å². The number of methoxy groups -OCH3 is 1. The number of aromatic nitrogens is 3. The first kappa shape index (κ1) is 27.6. The fourth-order valence-electron chi connectivity index (χ4n) is 4.30. The molecule has 0 amide bonds. The lowest BCUT2D eigenvalue weighted by molar-refractivity contribution is -0.138. The van der Waals surface area contributed by atoms with Crippen molar-refractivity contribution in [2.45, 2.75) is 57.6 Å². The predicted octanol–water partition coefficient (Wildman–Crippen LogP) is 2.91. The highest BCUT2D eigenvalue weighted by molar-refractivity contribution is 5.77. The van der Waals surface area contributed by atoms with E-state index in [0.29, 0.717) is 18.8 Å². The molecule has 0 bridgehead atoms. The van der Waals surface area contributed by atoms with Crippen LogP contribution in [0.15, 0.2) is 24.5 Å². The van der Waals surface area contributed by atoms with E-state index in [2.05, 4.69) is 37.6 Å². The monoisotopic (exact) mass is 499 g/mol. The first-order chi connectivity index (χ1) is 17.4. The molecule has 0 fully saturated rings. The molecule has 3 rings (SSSR count). The van der Waals surface area contributed by atoms with Crippen molar-refractivity contribution in [3.05, 3.63) is 35.8 Å². The van der Waals surface area contributed by atoms with Gasteiger partial charge in [0.1, 0.15) is 29.8 Å². The first-order valence-corrected chi connectivity index (χ1v) is 12.8. The van der Waals surface area contributed by atoms with E-state index in [4.69, 9.17) is 9.72 Å². The summed E-state index contributed by atoms with van der Waals surface area (Å²) in [6, 6.07) is 5.36. The molecule has 3 heterocycles. The number of nitrogens with zero attached hydrogens (tertiary/aromatic N) is 5. The van der Waals surface area contributed by atoms with Gasteiger partial charge in [0.05, 0.1) is 6.10 Å². The second-order valence-electron chi connectivity index (χ2n) is 9.62. The number of nitrogens with one attached hydrogen (secondary N) is 2. The molecule has 0 aliphatic carbocycles. The highest BCUT2D eigenvalue weighted by Gasteiger charge is 2.20. The third-order valence-corrected chi connectivity index (χ3v) is 6.49. The van der Waals surface area contributed by atoms with Gasteiger partial charge in [0.15, 0.2) is 0 Å². The van der Waals surface area contributed by atoms with E-state index in [1.807, 2.05) is 25.9 Å². The molecule has 2 unspecified atom stereocenters. The quantitative estimate of drug-likeness (QED) is 0.316. The molecule has 2 aromatic rings. The minimum absolute atomic E-state index is 0.0686. The second kappa shape index (κ2) is 13.9. The molecule has 0 radical (unpaired) electrons. The van der Waals surface area contributed by atoms with E-state index in [1.165, 1.54) is 11.9 Å². The highest BCUT2D eigenvalue weighted by Crippen LogP contribution is 2.20. The van der Waals surface area contributed by atoms with Crippen LogP contribution in [0.3, 0.4) is 0 Å². The molecule has 36 heavy (non-hydrogen) atoms. The van der Waals surface area contributed by atoms with Crippen molar-refractivity contribution < 1.29 is 14.6 Å². The van der Waals surface area contributed by atoms with Crippen LogP contribution in [-0.2, 0) is 22.4 Å². The van der Waals surface area contributed by atoms with Crippen LogP contribution in [0.5, 0.6) is 0 Å². The van der Waals surface area contributed by atoms with Gasteiger partial charge in [0.2, 0.25) is 0 Å². The minimum Gasteiger partial charge on any atom is -0.480 e. The number of pyridine rings is 1. The predicted molar refractivity (Wildman–Crippen MR) is 143 cm³/mol. The molecule has 0 saturated heterocycles. The molecule has 1 aliphatic rings. The van der Waals surface area contributed by atoms with Crippen LogP contribution >= 0.6 is 0 Å². The summed E-state index contributed by atoms with van der Waals surface area (Å²) in [6.07, 6.45) is 7.19. The minimum atomic E-state index is -0.896. The summed E-state index contributed by atoms with van der Waals surface area (Å²) >= 11 is 0. The van der Waals surface area contributed by atoms with Crippen LogP contribution in [0, 0.1) is 0 Å². The number of rotatable bonds is 15. The maximum atomic E-state index is 12.0. The fourth-order valence-corrected chi connectivity index (χ4v) is 4.30. The summed E-state index contributed by atoms with van der Waals surface area (Å²) in [5.41, 5.74) is 2.43. The van der Waals surface area contributed by atoms with Crippen molar-refractivity contribution in [2.75, 3.05) is 62.9 Å². The van der Waals surface area contributed by atoms with E-state index in [1.54, 1.807) is 13.2 Å². The number of aryl methyl sites for hydroxylation is 2. The molecule has 198 valence electrons. The Labute approximate surface area is 214 Å². The highest BCUT2D eigenvalue weighted by atomic mass is 16.5. The zero-order valence-electron chi connectivity index (χ0n) is 22.0. The van der Waals surface area contributed by atoms with Gasteiger partial charge in [0, 0.05) is 52.6 Å². The Balaban J connectivity index is 1.52. The summed E-state index contributed by atoms with van der Waals surface area (Å²) in [6.45, 7) is 5.30. The molecule has 0 spiro atoms. The van der Waals surface area contributed by atoms with Gasteiger partial charge < -0.3 is 30.3 Å². The van der Waals surface area contributed by atoms with Crippen LogP contribution in [0.25, 0.3) is 0 Å². The lowest BCUT2D eigenvalue weighted by Gasteiger charge is -2.27. The van der Waals surface area contributed by atoms with E-state index >= 15 is 0 Å². The zero-order chi connectivity index (χ0) is 25.9. The Hall–Kier alpha value is -2.98. The van der Waals surface area contributed by atoms with Gasteiger partial charge in [-0.2, -0.15) is 0 Å².